The van der Waals surface area contributed by atoms with Crippen LogP contribution in [-0.2, 0) is 10.0 Å². The molecule has 1 fully saturated rings. The minimum atomic E-state index is -3.50. The van der Waals surface area contributed by atoms with Crippen molar-refractivity contribution in [2.45, 2.75) is 42.5 Å². The van der Waals surface area contributed by atoms with Crippen molar-refractivity contribution < 1.29 is 13.3 Å². The normalized spacial score (nSPS) is 25.5. The van der Waals surface area contributed by atoms with Crippen molar-refractivity contribution in [2.75, 3.05) is 18.4 Å². The number of sulfonamides is 1. The summed E-state index contributed by atoms with van der Waals surface area (Å²) in [5, 5.41) is 14.8. The Morgan fingerprint density at radius 1 is 1.06 bits per heavy atom. The van der Waals surface area contributed by atoms with Gasteiger partial charge < -0.3 is 5.32 Å². The maximum absolute atomic E-state index is 13.2. The zero-order valence-electron chi connectivity index (χ0n) is 17.1. The Morgan fingerprint density at radius 2 is 1.87 bits per heavy atom. The lowest BCUT2D eigenvalue weighted by molar-refractivity contribution is -0.384. The van der Waals surface area contributed by atoms with E-state index in [2.05, 4.69) is 17.5 Å². The number of allylic oxidation sites excluding steroid dienone is 2. The van der Waals surface area contributed by atoms with Gasteiger partial charge in [-0.15, -0.1) is 0 Å². The maximum atomic E-state index is 13.2. The molecule has 2 aromatic carbocycles. The quantitative estimate of drug-likeness (QED) is 0.427. The molecular weight excluding hydrogens is 414 g/mol. The third-order valence-electron chi connectivity index (χ3n) is 6.73. The Morgan fingerprint density at radius 3 is 2.65 bits per heavy atom. The van der Waals surface area contributed by atoms with E-state index in [4.69, 9.17) is 0 Å². The number of fused-ring (bicyclic) bond motifs is 3. The maximum Gasteiger partial charge on any atom is 0.269 e. The zero-order chi connectivity index (χ0) is 21.6. The van der Waals surface area contributed by atoms with Gasteiger partial charge in [-0.1, -0.05) is 30.7 Å². The van der Waals surface area contributed by atoms with E-state index in [-0.39, 0.29) is 28.5 Å². The molecule has 0 aromatic heterocycles. The summed E-state index contributed by atoms with van der Waals surface area (Å²) in [6.45, 7) is 1.16. The van der Waals surface area contributed by atoms with E-state index >= 15 is 0 Å². The van der Waals surface area contributed by atoms with Crippen LogP contribution >= 0.6 is 0 Å². The average molecular weight is 440 g/mol. The predicted molar refractivity (Wildman–Crippen MR) is 118 cm³/mol. The molecule has 0 bridgehead atoms. The molecule has 2 heterocycles. The van der Waals surface area contributed by atoms with Gasteiger partial charge in [0.1, 0.15) is 0 Å². The molecule has 8 heteroatoms. The summed E-state index contributed by atoms with van der Waals surface area (Å²) < 4.78 is 28.0. The Bertz CT molecular complexity index is 1160. The Balaban J connectivity index is 1.51. The molecule has 0 radical (unpaired) electrons. The van der Waals surface area contributed by atoms with E-state index in [1.165, 1.54) is 6.07 Å². The number of nitro benzene ring substituents is 1. The number of nitrogens with one attached hydrogen (secondary N) is 1. The second-order valence-electron chi connectivity index (χ2n) is 8.54. The highest BCUT2D eigenvalue weighted by molar-refractivity contribution is 7.89. The highest BCUT2D eigenvalue weighted by atomic mass is 32.2. The molecule has 5 rings (SSSR count). The van der Waals surface area contributed by atoms with Crippen LogP contribution in [0.3, 0.4) is 0 Å². The van der Waals surface area contributed by atoms with Gasteiger partial charge in [-0.3, -0.25) is 10.1 Å². The first kappa shape index (κ1) is 20.2. The lowest BCUT2D eigenvalue weighted by Crippen LogP contribution is -2.36. The Kier molecular flexibility index (Phi) is 5.06. The van der Waals surface area contributed by atoms with Crippen LogP contribution in [0.2, 0.25) is 0 Å². The van der Waals surface area contributed by atoms with Crippen molar-refractivity contribution in [3.8, 4) is 0 Å². The molecule has 1 saturated heterocycles. The number of piperidine rings is 1. The minimum absolute atomic E-state index is 0.0723. The molecule has 0 saturated carbocycles. The van der Waals surface area contributed by atoms with E-state index in [1.54, 1.807) is 22.5 Å². The van der Waals surface area contributed by atoms with E-state index in [0.29, 0.717) is 18.0 Å². The van der Waals surface area contributed by atoms with Crippen LogP contribution < -0.4 is 5.32 Å². The van der Waals surface area contributed by atoms with Crippen molar-refractivity contribution in [3.05, 3.63) is 75.9 Å². The Labute approximate surface area is 182 Å². The van der Waals surface area contributed by atoms with Crippen LogP contribution in [0.4, 0.5) is 11.4 Å². The fourth-order valence-electron chi connectivity index (χ4n) is 5.15. The topological polar surface area (TPSA) is 92.5 Å². The summed E-state index contributed by atoms with van der Waals surface area (Å²) in [5.74, 6) is 0.263. The molecule has 2 aromatic rings. The van der Waals surface area contributed by atoms with Gasteiger partial charge in [0.05, 0.1) is 15.9 Å². The molecule has 3 atom stereocenters. The van der Waals surface area contributed by atoms with E-state index < -0.39 is 10.0 Å². The second kappa shape index (κ2) is 7.76. The number of benzene rings is 2. The average Bonchev–Trinajstić information content (AvgIpc) is 3.29. The predicted octanol–water partition coefficient (Wildman–Crippen LogP) is 4.60. The summed E-state index contributed by atoms with van der Waals surface area (Å²) in [6, 6.07) is 12.0. The first-order valence-electron chi connectivity index (χ1n) is 10.8. The Hall–Kier alpha value is -2.71. The van der Waals surface area contributed by atoms with Crippen molar-refractivity contribution in [3.63, 3.8) is 0 Å². The second-order valence-corrected chi connectivity index (χ2v) is 10.5. The molecule has 7 nitrogen and oxygen atoms in total. The monoisotopic (exact) mass is 439 g/mol. The lowest BCUT2D eigenvalue weighted by atomic mass is 9.77. The summed E-state index contributed by atoms with van der Waals surface area (Å²) >= 11 is 0. The minimum Gasteiger partial charge on any atom is -0.378 e. The van der Waals surface area contributed by atoms with Crippen LogP contribution in [0.25, 0.3) is 0 Å². The van der Waals surface area contributed by atoms with Gasteiger partial charge in [0, 0.05) is 36.8 Å². The summed E-state index contributed by atoms with van der Waals surface area (Å²) in [5.41, 5.74) is 2.83. The van der Waals surface area contributed by atoms with Gasteiger partial charge in [-0.2, -0.15) is 4.31 Å². The number of hydrogen-bond donors (Lipinski definition) is 1. The lowest BCUT2D eigenvalue weighted by Gasteiger charge is -2.38. The summed E-state index contributed by atoms with van der Waals surface area (Å²) in [6.07, 6.45) is 8.00. The van der Waals surface area contributed by atoms with Gasteiger partial charge in [0.15, 0.2) is 0 Å². The first-order valence-corrected chi connectivity index (χ1v) is 12.2. The first-order chi connectivity index (χ1) is 14.9. The van der Waals surface area contributed by atoms with Crippen molar-refractivity contribution in [2.24, 2.45) is 5.92 Å². The van der Waals surface area contributed by atoms with E-state index in [0.717, 1.165) is 42.5 Å². The standard InChI is InChI=1S/C23H25N3O4S/c27-26(28)17-7-4-6-16(14-17)23-20-9-5-8-19(20)21-15-18(10-11-22(21)24-23)31(29,30)25-12-2-1-3-13-25/h4-8,10-11,14-15,19-20,23-24H,1-3,9,12-13H2. The molecule has 162 valence electrons. The molecular formula is C23H25N3O4S. The highest BCUT2D eigenvalue weighted by Crippen LogP contribution is 2.50. The van der Waals surface area contributed by atoms with Crippen molar-refractivity contribution >= 4 is 21.4 Å². The molecule has 3 aliphatic rings. The molecule has 1 aliphatic carbocycles. The fraction of sp³-hybridized carbons (Fsp3) is 0.391. The van der Waals surface area contributed by atoms with Crippen LogP contribution in [0.1, 0.15) is 48.8 Å². The molecule has 31 heavy (non-hydrogen) atoms. The van der Waals surface area contributed by atoms with Gasteiger partial charge >= 0.3 is 0 Å². The summed E-state index contributed by atoms with van der Waals surface area (Å²) in [4.78, 5) is 11.2. The number of non-ortho nitro benzene ring substituents is 1. The van der Waals surface area contributed by atoms with E-state index in [9.17, 15) is 18.5 Å². The van der Waals surface area contributed by atoms with Crippen LogP contribution in [0.15, 0.2) is 59.5 Å². The number of nitro groups is 1. The smallest absolute Gasteiger partial charge is 0.269 e. The van der Waals surface area contributed by atoms with E-state index in [1.807, 2.05) is 18.2 Å². The SMILES string of the molecule is O=[N+]([O-])c1cccc(C2Nc3ccc(S(=O)(=O)N4CCCCC4)cc3C3C=CCC32)c1. The summed E-state index contributed by atoms with van der Waals surface area (Å²) in [7, 11) is -3.50. The molecule has 1 N–H and O–H groups in total. The van der Waals surface area contributed by atoms with Crippen LogP contribution in [-0.4, -0.2) is 30.7 Å². The van der Waals surface area contributed by atoms with Gasteiger partial charge in [-0.25, -0.2) is 8.42 Å². The van der Waals surface area contributed by atoms with Gasteiger partial charge in [0.2, 0.25) is 10.0 Å². The number of hydrogen-bond acceptors (Lipinski definition) is 5. The molecule has 0 amide bonds. The van der Waals surface area contributed by atoms with Gasteiger partial charge in [-0.05, 0) is 54.5 Å². The third kappa shape index (κ3) is 3.53. The number of rotatable bonds is 4. The van der Waals surface area contributed by atoms with Crippen LogP contribution in [0, 0.1) is 16.0 Å². The number of nitrogens with zero attached hydrogens (tertiary/aromatic N) is 2. The number of anilines is 1. The zero-order valence-corrected chi connectivity index (χ0v) is 17.9. The molecule has 2 aliphatic heterocycles. The fourth-order valence-corrected chi connectivity index (χ4v) is 6.70. The molecule has 0 spiro atoms. The highest BCUT2D eigenvalue weighted by Gasteiger charge is 2.39. The van der Waals surface area contributed by atoms with Crippen LogP contribution in [0.5, 0.6) is 0 Å². The molecule has 3 unspecified atom stereocenters. The van der Waals surface area contributed by atoms with Gasteiger partial charge in [0.25, 0.3) is 5.69 Å². The van der Waals surface area contributed by atoms with Crippen molar-refractivity contribution in [1.82, 2.24) is 4.31 Å². The van der Waals surface area contributed by atoms with Crippen molar-refractivity contribution in [1.29, 1.82) is 0 Å². The third-order valence-corrected chi connectivity index (χ3v) is 8.62. The largest absolute Gasteiger partial charge is 0.378 e.